The van der Waals surface area contributed by atoms with Gasteiger partial charge in [-0.2, -0.15) is 0 Å². The van der Waals surface area contributed by atoms with Gasteiger partial charge in [0.05, 0.1) is 0 Å². The van der Waals surface area contributed by atoms with Gasteiger partial charge in [-0.3, -0.25) is 4.79 Å². The number of aliphatic carboxylic acids is 1. The number of halogens is 2. The van der Waals surface area contributed by atoms with E-state index in [0.29, 0.717) is 23.0 Å². The molecule has 0 radical (unpaired) electrons. The third-order valence-electron chi connectivity index (χ3n) is 3.36. The molecule has 0 aromatic heterocycles. The van der Waals surface area contributed by atoms with E-state index in [4.69, 9.17) is 28.3 Å². The second-order valence-corrected chi connectivity index (χ2v) is 6.50. The van der Waals surface area contributed by atoms with Crippen molar-refractivity contribution in [1.29, 1.82) is 0 Å². The number of rotatable bonds is 8. The van der Waals surface area contributed by atoms with E-state index in [1.165, 1.54) is 0 Å². The number of carboxylic acids is 1. The highest BCUT2D eigenvalue weighted by molar-refractivity contribution is 6.35. The van der Waals surface area contributed by atoms with Gasteiger partial charge in [0, 0.05) is 28.6 Å². The van der Waals surface area contributed by atoms with Crippen LogP contribution in [0, 0.1) is 5.41 Å². The maximum absolute atomic E-state index is 10.6. The van der Waals surface area contributed by atoms with Crippen LogP contribution in [0.15, 0.2) is 18.2 Å². The van der Waals surface area contributed by atoms with Gasteiger partial charge in [-0.25, -0.2) is 0 Å². The minimum Gasteiger partial charge on any atom is -0.481 e. The van der Waals surface area contributed by atoms with Crippen LogP contribution in [0.5, 0.6) is 0 Å². The van der Waals surface area contributed by atoms with Crippen LogP contribution in [0.2, 0.25) is 10.0 Å². The fraction of sp³-hybridized carbons (Fsp3) is 0.533. The number of carbonyl (C=O) groups is 1. The van der Waals surface area contributed by atoms with Gasteiger partial charge in [-0.1, -0.05) is 43.1 Å². The SMILES string of the molecule is CC(C)(CCNCc1c(Cl)cccc1Cl)CCC(=O)O. The van der Waals surface area contributed by atoms with Crippen LogP contribution in [0.3, 0.4) is 0 Å². The molecule has 0 aliphatic rings. The summed E-state index contributed by atoms with van der Waals surface area (Å²) < 4.78 is 0. The van der Waals surface area contributed by atoms with Gasteiger partial charge >= 0.3 is 5.97 Å². The van der Waals surface area contributed by atoms with E-state index in [2.05, 4.69) is 19.2 Å². The summed E-state index contributed by atoms with van der Waals surface area (Å²) in [7, 11) is 0. The van der Waals surface area contributed by atoms with Crippen LogP contribution in [-0.4, -0.2) is 17.6 Å². The zero-order valence-electron chi connectivity index (χ0n) is 11.9. The van der Waals surface area contributed by atoms with Crippen LogP contribution in [0.1, 0.15) is 38.7 Å². The summed E-state index contributed by atoms with van der Waals surface area (Å²) in [6.07, 6.45) is 1.79. The highest BCUT2D eigenvalue weighted by Crippen LogP contribution is 2.27. The number of hydrogen-bond acceptors (Lipinski definition) is 2. The molecule has 2 N–H and O–H groups in total. The molecule has 1 aromatic rings. The van der Waals surface area contributed by atoms with E-state index in [-0.39, 0.29) is 11.8 Å². The standard InChI is InChI=1S/C15H21Cl2NO2/c1-15(2,7-6-14(19)20)8-9-18-10-11-12(16)4-3-5-13(11)17/h3-5,18H,6-10H2,1-2H3,(H,19,20). The predicted octanol–water partition coefficient (Wildman–Crippen LogP) is 4.36. The Morgan fingerprint density at radius 1 is 1.25 bits per heavy atom. The second-order valence-electron chi connectivity index (χ2n) is 5.68. The maximum Gasteiger partial charge on any atom is 0.303 e. The Morgan fingerprint density at radius 3 is 2.40 bits per heavy atom. The number of hydrogen-bond donors (Lipinski definition) is 2. The summed E-state index contributed by atoms with van der Waals surface area (Å²) in [5.41, 5.74) is 0.912. The van der Waals surface area contributed by atoms with Gasteiger partial charge in [-0.05, 0) is 36.9 Å². The summed E-state index contributed by atoms with van der Waals surface area (Å²) in [6.45, 7) is 5.59. The molecule has 1 aromatic carbocycles. The molecule has 5 heteroatoms. The molecule has 0 saturated carbocycles. The molecule has 0 spiro atoms. The quantitative estimate of drug-likeness (QED) is 0.700. The van der Waals surface area contributed by atoms with Gasteiger partial charge in [0.25, 0.3) is 0 Å². The first-order chi connectivity index (χ1) is 9.32. The largest absolute Gasteiger partial charge is 0.481 e. The Bertz CT molecular complexity index is 441. The molecule has 0 aliphatic carbocycles. The van der Waals surface area contributed by atoms with Crippen molar-refractivity contribution in [2.45, 2.75) is 39.7 Å². The second kappa shape index (κ2) is 7.87. The molecule has 0 atom stereocenters. The van der Waals surface area contributed by atoms with Gasteiger partial charge in [-0.15, -0.1) is 0 Å². The maximum atomic E-state index is 10.6. The van der Waals surface area contributed by atoms with E-state index in [9.17, 15) is 4.79 Å². The smallest absolute Gasteiger partial charge is 0.303 e. The van der Waals surface area contributed by atoms with Gasteiger partial charge < -0.3 is 10.4 Å². The molecule has 0 fully saturated rings. The average Bonchev–Trinajstić information content (AvgIpc) is 2.35. The Hall–Kier alpha value is -0.770. The molecule has 0 aliphatic heterocycles. The molecule has 112 valence electrons. The Morgan fingerprint density at radius 2 is 1.85 bits per heavy atom. The van der Waals surface area contributed by atoms with Crippen molar-refractivity contribution < 1.29 is 9.90 Å². The number of carboxylic acid groups (broad SMARTS) is 1. The topological polar surface area (TPSA) is 49.3 Å². The van der Waals surface area contributed by atoms with Crippen LogP contribution < -0.4 is 5.32 Å². The minimum absolute atomic E-state index is 0.00959. The Labute approximate surface area is 130 Å². The van der Waals surface area contributed by atoms with Crippen molar-refractivity contribution in [3.63, 3.8) is 0 Å². The fourth-order valence-corrected chi connectivity index (χ4v) is 2.44. The third-order valence-corrected chi connectivity index (χ3v) is 4.07. The van der Waals surface area contributed by atoms with E-state index < -0.39 is 5.97 Å². The van der Waals surface area contributed by atoms with Crippen molar-refractivity contribution in [2.75, 3.05) is 6.54 Å². The predicted molar refractivity (Wildman–Crippen MR) is 83.4 cm³/mol. The van der Waals surface area contributed by atoms with E-state index in [0.717, 1.165) is 18.5 Å². The zero-order valence-corrected chi connectivity index (χ0v) is 13.4. The average molecular weight is 318 g/mol. The normalized spacial score (nSPS) is 11.6. The van der Waals surface area contributed by atoms with E-state index >= 15 is 0 Å². The Balaban J connectivity index is 2.36. The first-order valence-corrected chi connectivity index (χ1v) is 7.43. The molecular weight excluding hydrogens is 297 g/mol. The lowest BCUT2D eigenvalue weighted by Crippen LogP contribution is -2.23. The summed E-state index contributed by atoms with van der Waals surface area (Å²) >= 11 is 12.2. The lowest BCUT2D eigenvalue weighted by molar-refractivity contribution is -0.137. The summed E-state index contributed by atoms with van der Waals surface area (Å²) in [6, 6.07) is 5.46. The highest BCUT2D eigenvalue weighted by atomic mass is 35.5. The molecule has 0 saturated heterocycles. The molecule has 3 nitrogen and oxygen atoms in total. The van der Waals surface area contributed by atoms with Crippen LogP contribution in [-0.2, 0) is 11.3 Å². The first kappa shape index (κ1) is 17.3. The highest BCUT2D eigenvalue weighted by Gasteiger charge is 2.18. The van der Waals surface area contributed by atoms with Crippen molar-refractivity contribution in [3.8, 4) is 0 Å². The monoisotopic (exact) mass is 317 g/mol. The van der Waals surface area contributed by atoms with Crippen molar-refractivity contribution >= 4 is 29.2 Å². The first-order valence-electron chi connectivity index (χ1n) is 6.67. The van der Waals surface area contributed by atoms with Gasteiger partial charge in [0.2, 0.25) is 0 Å². The van der Waals surface area contributed by atoms with Crippen molar-refractivity contribution in [1.82, 2.24) is 5.32 Å². The van der Waals surface area contributed by atoms with E-state index in [1.54, 1.807) is 0 Å². The molecule has 0 heterocycles. The lowest BCUT2D eigenvalue weighted by atomic mass is 9.84. The molecule has 1 rings (SSSR count). The Kier molecular flexibility index (Phi) is 6.80. The number of benzene rings is 1. The minimum atomic E-state index is -0.742. The lowest BCUT2D eigenvalue weighted by Gasteiger charge is -2.24. The summed E-state index contributed by atoms with van der Waals surface area (Å²) in [4.78, 5) is 10.6. The molecule has 0 amide bonds. The summed E-state index contributed by atoms with van der Waals surface area (Å²) in [5, 5.41) is 13.3. The van der Waals surface area contributed by atoms with Crippen LogP contribution >= 0.6 is 23.2 Å². The van der Waals surface area contributed by atoms with E-state index in [1.807, 2.05) is 18.2 Å². The van der Waals surface area contributed by atoms with Crippen LogP contribution in [0.25, 0.3) is 0 Å². The van der Waals surface area contributed by atoms with Crippen molar-refractivity contribution in [3.05, 3.63) is 33.8 Å². The van der Waals surface area contributed by atoms with Gasteiger partial charge in [0.1, 0.15) is 0 Å². The fourth-order valence-electron chi connectivity index (χ4n) is 1.91. The summed E-state index contributed by atoms with van der Waals surface area (Å²) in [5.74, 6) is -0.742. The third kappa shape index (κ3) is 6.12. The van der Waals surface area contributed by atoms with Gasteiger partial charge in [0.15, 0.2) is 0 Å². The zero-order chi connectivity index (χ0) is 15.2. The molecule has 0 bridgehead atoms. The van der Waals surface area contributed by atoms with Crippen molar-refractivity contribution in [2.24, 2.45) is 5.41 Å². The molecular formula is C15H21Cl2NO2. The number of nitrogens with one attached hydrogen (secondary N) is 1. The van der Waals surface area contributed by atoms with Crippen LogP contribution in [0.4, 0.5) is 0 Å². The molecule has 0 unspecified atom stereocenters. The molecule has 20 heavy (non-hydrogen) atoms.